The molecular weight excluding hydrogens is 665 g/mol. The molecule has 0 radical (unpaired) electrons. The van der Waals surface area contributed by atoms with Crippen molar-refractivity contribution < 1.29 is 55.6 Å². The van der Waals surface area contributed by atoms with Crippen molar-refractivity contribution in [1.29, 1.82) is 0 Å². The molecule has 0 aromatic carbocycles. The monoisotopic (exact) mass is 690 g/mol. The molecule has 3 saturated heterocycles. The second-order valence-electron chi connectivity index (χ2n) is 10.3. The number of anilines is 2. The number of alkyl halides is 1. The van der Waals surface area contributed by atoms with Crippen LogP contribution < -0.4 is 17.0 Å². The predicted molar refractivity (Wildman–Crippen MR) is 147 cm³/mol. The maximum absolute atomic E-state index is 16.0. The van der Waals surface area contributed by atoms with Crippen LogP contribution in [0.4, 0.5) is 16.2 Å². The Labute approximate surface area is 254 Å². The molecule has 0 amide bonds. The highest BCUT2D eigenvalue weighted by atomic mass is 31.2. The molecule has 248 valence electrons. The van der Waals surface area contributed by atoms with Crippen molar-refractivity contribution in [2.45, 2.75) is 49.1 Å². The molecule has 4 aromatic rings. The third-order valence-corrected chi connectivity index (χ3v) is 9.89. The van der Waals surface area contributed by atoms with E-state index in [9.17, 15) is 23.9 Å². The van der Waals surface area contributed by atoms with E-state index in [4.69, 9.17) is 43.6 Å². The van der Waals surface area contributed by atoms with Gasteiger partial charge in [0.2, 0.25) is 5.95 Å². The van der Waals surface area contributed by atoms with Gasteiger partial charge < -0.3 is 30.9 Å². The molecule has 7 heterocycles. The van der Waals surface area contributed by atoms with Crippen LogP contribution in [0, 0.1) is 0 Å². The Morgan fingerprint density at radius 1 is 0.978 bits per heavy atom. The van der Waals surface area contributed by atoms with Crippen LogP contribution in [0.2, 0.25) is 0 Å². The van der Waals surface area contributed by atoms with Gasteiger partial charge in [0, 0.05) is 7.11 Å². The topological polar surface area (TPSA) is 298 Å². The number of aromatic nitrogens is 8. The van der Waals surface area contributed by atoms with Gasteiger partial charge in [0.1, 0.15) is 42.4 Å². The number of fused-ring (bicyclic) bond motifs is 5. The van der Waals surface area contributed by atoms with E-state index >= 15 is 4.39 Å². The van der Waals surface area contributed by atoms with Crippen molar-refractivity contribution >= 4 is 49.7 Å². The summed E-state index contributed by atoms with van der Waals surface area (Å²) in [6, 6.07) is 0. The molecule has 0 spiro atoms. The first-order valence-corrected chi connectivity index (χ1v) is 16.3. The fraction of sp³-hybridized carbons (Fsp3) is 0.524. The molecule has 3 fully saturated rings. The van der Waals surface area contributed by atoms with Gasteiger partial charge in [-0.15, -0.1) is 0 Å². The van der Waals surface area contributed by atoms with E-state index < -0.39 is 83.6 Å². The molecule has 4 aromatic heterocycles. The van der Waals surface area contributed by atoms with Crippen LogP contribution in [0.15, 0.2) is 23.8 Å². The molecule has 3 aliphatic heterocycles. The zero-order chi connectivity index (χ0) is 32.5. The molecule has 0 saturated carbocycles. The highest BCUT2D eigenvalue weighted by Crippen LogP contribution is 2.56. The van der Waals surface area contributed by atoms with E-state index in [1.807, 2.05) is 0 Å². The number of nitrogens with zero attached hydrogens (tertiary/aromatic N) is 7. The molecule has 7 N–H and O–H groups in total. The van der Waals surface area contributed by atoms with Gasteiger partial charge in [-0.3, -0.25) is 41.5 Å². The van der Waals surface area contributed by atoms with Gasteiger partial charge in [-0.1, -0.05) is 0 Å². The normalized spacial score (nSPS) is 37.1. The van der Waals surface area contributed by atoms with Crippen LogP contribution in [-0.2, 0) is 41.2 Å². The number of aliphatic hydroxyl groups excluding tert-OH is 1. The summed E-state index contributed by atoms with van der Waals surface area (Å²) in [4.78, 5) is 45.2. The zero-order valence-electron chi connectivity index (χ0n) is 23.3. The summed E-state index contributed by atoms with van der Waals surface area (Å²) in [6.07, 6.45) is -9.85. The number of imidazole rings is 2. The van der Waals surface area contributed by atoms with Gasteiger partial charge in [-0.05, 0) is 0 Å². The first kappa shape index (κ1) is 31.1. The van der Waals surface area contributed by atoms with E-state index in [0.29, 0.717) is 0 Å². The van der Waals surface area contributed by atoms with Crippen LogP contribution in [0.5, 0.6) is 0 Å². The molecule has 22 nitrogen and oxygen atoms in total. The first-order chi connectivity index (χ1) is 21.9. The van der Waals surface area contributed by atoms with E-state index in [1.54, 1.807) is 0 Å². The molecule has 25 heteroatoms. The minimum absolute atomic E-state index is 0.0119. The summed E-state index contributed by atoms with van der Waals surface area (Å²) in [6.45, 7) is -1.59. The lowest BCUT2D eigenvalue weighted by atomic mass is 10.1. The Bertz CT molecular complexity index is 1960. The van der Waals surface area contributed by atoms with E-state index in [2.05, 4.69) is 29.9 Å². The summed E-state index contributed by atoms with van der Waals surface area (Å²) in [7, 11) is -8.80. The average Bonchev–Trinajstić information content (AvgIpc) is 3.77. The Hall–Kier alpha value is -3.47. The van der Waals surface area contributed by atoms with Gasteiger partial charge in [0.25, 0.3) is 5.56 Å². The highest BCUT2D eigenvalue weighted by Gasteiger charge is 2.54. The Balaban J connectivity index is 1.22. The van der Waals surface area contributed by atoms with Crippen molar-refractivity contribution in [2.75, 3.05) is 31.8 Å². The number of rotatable bonds is 3. The van der Waals surface area contributed by atoms with Crippen molar-refractivity contribution in [1.82, 2.24) is 39.0 Å². The van der Waals surface area contributed by atoms with Gasteiger partial charge in [-0.2, -0.15) is 4.98 Å². The number of nitrogens with one attached hydrogen (secondary N) is 1. The van der Waals surface area contributed by atoms with E-state index in [0.717, 1.165) is 24.3 Å². The molecule has 10 atom stereocenters. The molecule has 3 aliphatic rings. The quantitative estimate of drug-likeness (QED) is 0.166. The molecule has 2 bridgehead atoms. The van der Waals surface area contributed by atoms with Crippen molar-refractivity contribution in [2.24, 2.45) is 0 Å². The minimum Gasteiger partial charge on any atom is -0.387 e. The number of aliphatic hydroxyl groups is 1. The number of H-pyrrole nitrogens is 1. The first-order valence-electron chi connectivity index (χ1n) is 13.3. The summed E-state index contributed by atoms with van der Waals surface area (Å²) in [5.74, 6) is -0.255. The smallest absolute Gasteiger partial charge is 0.387 e. The number of nitrogen functional groups attached to an aromatic ring is 2. The molecular formula is C21H25FN10O12P2. The van der Waals surface area contributed by atoms with E-state index in [1.165, 1.54) is 10.9 Å². The summed E-state index contributed by atoms with van der Waals surface area (Å²) >= 11 is 0. The number of hydrogen-bond acceptors (Lipinski definition) is 18. The average molecular weight is 690 g/mol. The lowest BCUT2D eigenvalue weighted by Gasteiger charge is -2.27. The third-order valence-electron chi connectivity index (χ3n) is 7.49. The second-order valence-corrected chi connectivity index (χ2v) is 13.4. The third kappa shape index (κ3) is 5.28. The fourth-order valence-corrected chi connectivity index (χ4v) is 7.41. The number of hydrogen-bond donors (Lipinski definition) is 5. The molecule has 4 unspecified atom stereocenters. The van der Waals surface area contributed by atoms with Crippen molar-refractivity contribution in [3.63, 3.8) is 0 Å². The number of phosphoric acid groups is 2. The second kappa shape index (κ2) is 11.3. The Kier molecular flexibility index (Phi) is 7.68. The minimum atomic E-state index is -5.12. The summed E-state index contributed by atoms with van der Waals surface area (Å²) in [5.41, 5.74) is 10.8. The van der Waals surface area contributed by atoms with Crippen LogP contribution in [-0.4, -0.2) is 106 Å². The standard InChI is InChI=1S/C21H25FN10O12P2/c1-38-46(37)40-3-8-13(9(22)19(42-8)31-5-27-10-15(23)25-4-26-16(10)31)43-45(35,36)39-2-7-12(33)14(44-46)20(41-7)32-6-28-11-17(32)29-21(24)30-18(11)34/h4-9,12-14,19-20,33H,2-3H2,1H3,(H,35,36)(H2,23,25,26)(H3,24,29,30,34)/t7?,8?,9-,12-,13-,14-,19-,20-,46?/m1/s1. The number of ether oxygens (including phenoxy) is 2. The lowest BCUT2D eigenvalue weighted by Crippen LogP contribution is -2.35. The predicted octanol–water partition coefficient (Wildman–Crippen LogP) is -0.710. The van der Waals surface area contributed by atoms with Crippen LogP contribution >= 0.6 is 15.6 Å². The fourth-order valence-electron chi connectivity index (χ4n) is 5.35. The molecule has 0 aliphatic carbocycles. The van der Waals surface area contributed by atoms with Crippen LogP contribution in [0.25, 0.3) is 22.3 Å². The number of nitrogens with two attached hydrogens (primary N) is 2. The maximum Gasteiger partial charge on any atom is 0.475 e. The van der Waals surface area contributed by atoms with E-state index in [-0.39, 0.29) is 34.1 Å². The Morgan fingerprint density at radius 2 is 1.67 bits per heavy atom. The highest BCUT2D eigenvalue weighted by molar-refractivity contribution is 7.48. The Morgan fingerprint density at radius 3 is 2.43 bits per heavy atom. The summed E-state index contributed by atoms with van der Waals surface area (Å²) < 4.78 is 83.3. The molecule has 7 rings (SSSR count). The van der Waals surface area contributed by atoms with Gasteiger partial charge in [0.05, 0.1) is 25.9 Å². The molecule has 46 heavy (non-hydrogen) atoms. The van der Waals surface area contributed by atoms with Gasteiger partial charge in [-0.25, -0.2) is 33.5 Å². The number of halogens is 1. The van der Waals surface area contributed by atoms with Crippen LogP contribution in [0.3, 0.4) is 0 Å². The lowest BCUT2D eigenvalue weighted by molar-refractivity contribution is -0.0681. The van der Waals surface area contributed by atoms with Crippen molar-refractivity contribution in [3.05, 3.63) is 29.3 Å². The maximum atomic E-state index is 16.0. The summed E-state index contributed by atoms with van der Waals surface area (Å²) in [5, 5.41) is 11.1. The van der Waals surface area contributed by atoms with Crippen molar-refractivity contribution in [3.8, 4) is 0 Å². The van der Waals surface area contributed by atoms with Gasteiger partial charge in [0.15, 0.2) is 41.3 Å². The van der Waals surface area contributed by atoms with Crippen LogP contribution in [0.1, 0.15) is 12.5 Å². The SMILES string of the molecule is COP1(=O)OCC2O[C@@H](n3cnc4c(N)ncnc43)[C@H](F)[C@@H]2OP(=O)(O)OCC2O[C@@H](n3cnc4c(=O)[nH]c(N)nc43)[C@H](O1)[C@@H]2O. The largest absolute Gasteiger partial charge is 0.475 e. The van der Waals surface area contributed by atoms with Gasteiger partial charge >= 0.3 is 15.6 Å². The number of aromatic amines is 1. The zero-order valence-corrected chi connectivity index (χ0v) is 25.1. The number of phosphoric ester groups is 2.